The van der Waals surface area contributed by atoms with Gasteiger partial charge in [-0.3, -0.25) is 10.1 Å². The Bertz CT molecular complexity index is 714. The van der Waals surface area contributed by atoms with Gasteiger partial charge in [-0.15, -0.1) is 5.10 Å². The fourth-order valence-corrected chi connectivity index (χ4v) is 1.79. The quantitative estimate of drug-likeness (QED) is 0.624. The van der Waals surface area contributed by atoms with E-state index in [4.69, 9.17) is 9.47 Å². The van der Waals surface area contributed by atoms with Gasteiger partial charge in [0.15, 0.2) is 0 Å². The molecular formula is C13H15N3O5. The predicted octanol–water partition coefficient (Wildman–Crippen LogP) is 2.74. The Morgan fingerprint density at radius 1 is 1.38 bits per heavy atom. The first-order valence-electron chi connectivity index (χ1n) is 6.17. The molecular weight excluding hydrogens is 278 g/mol. The van der Waals surface area contributed by atoms with E-state index < -0.39 is 16.6 Å². The zero-order chi connectivity index (χ0) is 15.8. The number of nitro benzene ring substituents is 1. The Hall–Kier alpha value is -2.64. The molecule has 0 atom stereocenters. The molecule has 8 heteroatoms. The maximum Gasteiger partial charge on any atom is 0.435 e. The summed E-state index contributed by atoms with van der Waals surface area (Å²) in [6.45, 7) is 5.20. The van der Waals surface area contributed by atoms with Gasteiger partial charge in [-0.1, -0.05) is 0 Å². The number of benzene rings is 1. The summed E-state index contributed by atoms with van der Waals surface area (Å²) in [6.07, 6.45) is -0.676. The van der Waals surface area contributed by atoms with E-state index in [9.17, 15) is 14.9 Å². The lowest BCUT2D eigenvalue weighted by Gasteiger charge is -2.19. The van der Waals surface area contributed by atoms with Crippen molar-refractivity contribution in [1.29, 1.82) is 0 Å². The predicted molar refractivity (Wildman–Crippen MR) is 74.6 cm³/mol. The molecule has 0 N–H and O–H groups in total. The second-order valence-electron chi connectivity index (χ2n) is 5.36. The van der Waals surface area contributed by atoms with Gasteiger partial charge >= 0.3 is 6.09 Å². The minimum atomic E-state index is -0.677. The molecule has 1 aromatic heterocycles. The number of rotatable bonds is 2. The molecule has 21 heavy (non-hydrogen) atoms. The van der Waals surface area contributed by atoms with Crippen LogP contribution in [0.4, 0.5) is 10.5 Å². The number of nitro groups is 1. The molecule has 0 aliphatic heterocycles. The van der Waals surface area contributed by atoms with Crippen molar-refractivity contribution in [2.75, 3.05) is 7.11 Å². The normalized spacial score (nSPS) is 11.4. The van der Waals surface area contributed by atoms with Crippen LogP contribution in [0.3, 0.4) is 0 Å². The number of hydrogen-bond donors (Lipinski definition) is 0. The van der Waals surface area contributed by atoms with Gasteiger partial charge in [0.2, 0.25) is 5.88 Å². The second kappa shape index (κ2) is 5.04. The summed E-state index contributed by atoms with van der Waals surface area (Å²) < 4.78 is 11.3. The second-order valence-corrected chi connectivity index (χ2v) is 5.36. The minimum absolute atomic E-state index is 0.107. The summed E-state index contributed by atoms with van der Waals surface area (Å²) in [5.41, 5.74) is -0.403. The number of methoxy groups -OCH3 is 1. The molecule has 2 rings (SSSR count). The van der Waals surface area contributed by atoms with Gasteiger partial charge in [0.05, 0.1) is 22.9 Å². The molecule has 0 unspecified atom stereocenters. The number of carbonyl (C=O) groups is 1. The van der Waals surface area contributed by atoms with Crippen molar-refractivity contribution >= 4 is 22.7 Å². The number of hydrogen-bond acceptors (Lipinski definition) is 6. The van der Waals surface area contributed by atoms with Crippen molar-refractivity contribution in [2.45, 2.75) is 26.4 Å². The van der Waals surface area contributed by atoms with Gasteiger partial charge in [0.25, 0.3) is 5.69 Å². The van der Waals surface area contributed by atoms with Gasteiger partial charge < -0.3 is 9.47 Å². The fraction of sp³-hybridized carbons (Fsp3) is 0.385. The minimum Gasteiger partial charge on any atom is -0.479 e. The highest BCUT2D eigenvalue weighted by Crippen LogP contribution is 2.29. The van der Waals surface area contributed by atoms with Crippen LogP contribution in [0.2, 0.25) is 0 Å². The number of ether oxygens (including phenoxy) is 2. The fourth-order valence-electron chi connectivity index (χ4n) is 1.79. The van der Waals surface area contributed by atoms with Crippen LogP contribution < -0.4 is 4.74 Å². The maximum atomic E-state index is 12.1. The molecule has 0 fully saturated rings. The summed E-state index contributed by atoms with van der Waals surface area (Å²) >= 11 is 0. The first-order valence-corrected chi connectivity index (χ1v) is 6.17. The molecule has 0 bridgehead atoms. The number of non-ortho nitro benzene ring substituents is 1. The van der Waals surface area contributed by atoms with Crippen LogP contribution in [-0.2, 0) is 4.74 Å². The van der Waals surface area contributed by atoms with E-state index in [0.717, 1.165) is 4.68 Å². The van der Waals surface area contributed by atoms with Crippen molar-refractivity contribution < 1.29 is 19.2 Å². The largest absolute Gasteiger partial charge is 0.479 e. The summed E-state index contributed by atoms with van der Waals surface area (Å²) in [4.78, 5) is 22.4. The lowest BCUT2D eigenvalue weighted by molar-refractivity contribution is -0.384. The van der Waals surface area contributed by atoms with Gasteiger partial charge in [-0.05, 0) is 26.8 Å². The molecule has 0 aliphatic rings. The van der Waals surface area contributed by atoms with E-state index in [2.05, 4.69) is 5.10 Å². The summed E-state index contributed by atoms with van der Waals surface area (Å²) in [5.74, 6) is 0.125. The lowest BCUT2D eigenvalue weighted by atomic mass is 10.2. The summed E-state index contributed by atoms with van der Waals surface area (Å²) in [6, 6.07) is 4.04. The third-order valence-electron chi connectivity index (χ3n) is 2.60. The number of carbonyl (C=O) groups excluding carboxylic acids is 1. The van der Waals surface area contributed by atoms with Crippen LogP contribution in [0.15, 0.2) is 18.2 Å². The van der Waals surface area contributed by atoms with Crippen LogP contribution in [0.1, 0.15) is 20.8 Å². The summed E-state index contributed by atoms with van der Waals surface area (Å²) in [7, 11) is 1.38. The van der Waals surface area contributed by atoms with E-state index >= 15 is 0 Å². The monoisotopic (exact) mass is 293 g/mol. The smallest absolute Gasteiger partial charge is 0.435 e. The molecule has 0 saturated heterocycles. The number of nitrogens with zero attached hydrogens (tertiary/aromatic N) is 3. The van der Waals surface area contributed by atoms with Crippen LogP contribution >= 0.6 is 0 Å². The molecule has 0 aliphatic carbocycles. The van der Waals surface area contributed by atoms with Crippen LogP contribution in [-0.4, -0.2) is 33.5 Å². The van der Waals surface area contributed by atoms with Crippen LogP contribution in [0.25, 0.3) is 10.9 Å². The van der Waals surface area contributed by atoms with E-state index in [0.29, 0.717) is 10.9 Å². The highest BCUT2D eigenvalue weighted by atomic mass is 16.6. The zero-order valence-corrected chi connectivity index (χ0v) is 12.1. The Morgan fingerprint density at radius 3 is 2.57 bits per heavy atom. The maximum absolute atomic E-state index is 12.1. The standard InChI is InChI=1S/C13H15N3O5/c1-13(2,3)21-12(17)15-10-6-5-8(16(18)19)7-9(10)11(14-15)20-4/h5-7H,1-4H3. The van der Waals surface area contributed by atoms with E-state index in [1.807, 2.05) is 0 Å². The van der Waals surface area contributed by atoms with Crippen LogP contribution in [0, 0.1) is 10.1 Å². The Kier molecular flexibility index (Phi) is 3.54. The molecule has 112 valence electrons. The van der Waals surface area contributed by atoms with Crippen molar-refractivity contribution in [3.05, 3.63) is 28.3 Å². The van der Waals surface area contributed by atoms with Gasteiger partial charge in [-0.2, -0.15) is 4.68 Å². The van der Waals surface area contributed by atoms with Gasteiger partial charge in [0, 0.05) is 12.1 Å². The molecule has 0 radical (unpaired) electrons. The first kappa shape index (κ1) is 14.8. The van der Waals surface area contributed by atoms with Crippen LogP contribution in [0.5, 0.6) is 5.88 Å². The Labute approximate surface area is 120 Å². The third kappa shape index (κ3) is 2.93. The van der Waals surface area contributed by atoms with E-state index in [1.165, 1.54) is 25.3 Å². The van der Waals surface area contributed by atoms with Crippen molar-refractivity contribution in [2.24, 2.45) is 0 Å². The van der Waals surface area contributed by atoms with E-state index in [1.54, 1.807) is 20.8 Å². The van der Waals surface area contributed by atoms with Gasteiger partial charge in [0.1, 0.15) is 5.60 Å². The molecule has 8 nitrogen and oxygen atoms in total. The molecule has 2 aromatic rings. The third-order valence-corrected chi connectivity index (χ3v) is 2.60. The lowest BCUT2D eigenvalue weighted by Crippen LogP contribution is -2.27. The summed E-state index contributed by atoms with van der Waals surface area (Å²) in [5, 5.41) is 15.2. The van der Waals surface area contributed by atoms with E-state index in [-0.39, 0.29) is 11.6 Å². The first-order chi connectivity index (χ1) is 9.73. The number of aromatic nitrogens is 2. The Morgan fingerprint density at radius 2 is 2.05 bits per heavy atom. The topological polar surface area (TPSA) is 96.5 Å². The Balaban J connectivity index is 2.56. The van der Waals surface area contributed by atoms with Crippen molar-refractivity contribution in [3.8, 4) is 5.88 Å². The number of fused-ring (bicyclic) bond motifs is 1. The zero-order valence-electron chi connectivity index (χ0n) is 12.1. The van der Waals surface area contributed by atoms with Crippen molar-refractivity contribution in [1.82, 2.24) is 9.78 Å². The van der Waals surface area contributed by atoms with Crippen molar-refractivity contribution in [3.63, 3.8) is 0 Å². The molecule has 0 saturated carbocycles. The molecule has 1 aromatic carbocycles. The molecule has 0 spiro atoms. The SMILES string of the molecule is COc1nn(C(=O)OC(C)(C)C)c2ccc([N+](=O)[O-])cc12. The van der Waals surface area contributed by atoms with Gasteiger partial charge in [-0.25, -0.2) is 4.79 Å². The highest BCUT2D eigenvalue weighted by molar-refractivity contribution is 5.92. The molecule has 1 heterocycles. The average Bonchev–Trinajstić information content (AvgIpc) is 2.74. The average molecular weight is 293 g/mol. The molecule has 0 amide bonds. The highest BCUT2D eigenvalue weighted by Gasteiger charge is 2.23.